The summed E-state index contributed by atoms with van der Waals surface area (Å²) in [6, 6.07) is 13.2. The van der Waals surface area contributed by atoms with Crippen molar-refractivity contribution in [3.05, 3.63) is 75.7 Å². The van der Waals surface area contributed by atoms with E-state index >= 15 is 0 Å². The van der Waals surface area contributed by atoms with E-state index in [1.54, 1.807) is 11.2 Å². The number of β-amino-alcohol motifs (C(OH)–C–C–N with tert-alkyl or cyclic N) is 1. The summed E-state index contributed by atoms with van der Waals surface area (Å²) in [4.78, 5) is 4.47. The number of nitriles is 1. The van der Waals surface area contributed by atoms with Crippen LogP contribution in [0.2, 0.25) is 10.0 Å². The lowest BCUT2D eigenvalue weighted by atomic mass is 9.96. The van der Waals surface area contributed by atoms with E-state index in [2.05, 4.69) is 53.4 Å². The van der Waals surface area contributed by atoms with E-state index in [0.29, 0.717) is 53.1 Å². The number of hydrazine groups is 2. The number of pyridine rings is 1. The van der Waals surface area contributed by atoms with E-state index in [9.17, 15) is 10.4 Å². The Morgan fingerprint density at radius 2 is 2.00 bits per heavy atom. The Bertz CT molecular complexity index is 1460. The first-order valence-corrected chi connectivity index (χ1v) is 13.4. The number of benzene rings is 2. The molecule has 0 spiro atoms. The summed E-state index contributed by atoms with van der Waals surface area (Å²) in [6.07, 6.45) is 3.44. The van der Waals surface area contributed by atoms with Crippen molar-refractivity contribution in [3.8, 4) is 6.07 Å². The summed E-state index contributed by atoms with van der Waals surface area (Å²) in [5.41, 5.74) is 9.49. The average Bonchev–Trinajstić information content (AvgIpc) is 3.32. The second-order valence-electron chi connectivity index (χ2n) is 11.2. The normalized spacial score (nSPS) is 17.2. The van der Waals surface area contributed by atoms with Crippen LogP contribution in [-0.2, 0) is 4.74 Å². The fourth-order valence-electron chi connectivity index (χ4n) is 4.52. The average molecular weight is 569 g/mol. The highest BCUT2D eigenvalue weighted by Gasteiger charge is 2.39. The molecule has 3 heterocycles. The topological polar surface area (TPSA) is 118 Å². The van der Waals surface area contributed by atoms with Gasteiger partial charge in [-0.15, -0.1) is 5.53 Å². The van der Waals surface area contributed by atoms with E-state index in [1.807, 2.05) is 42.6 Å². The first-order chi connectivity index (χ1) is 18.5. The number of aromatic nitrogens is 1. The van der Waals surface area contributed by atoms with Crippen LogP contribution in [0.3, 0.4) is 0 Å². The summed E-state index contributed by atoms with van der Waals surface area (Å²) in [7, 11) is 0. The Hall–Kier alpha value is -3.26. The zero-order valence-electron chi connectivity index (χ0n) is 22.0. The van der Waals surface area contributed by atoms with Gasteiger partial charge in [0.05, 0.1) is 53.3 Å². The van der Waals surface area contributed by atoms with Crippen molar-refractivity contribution in [3.63, 3.8) is 0 Å². The maximum absolute atomic E-state index is 10.5. The van der Waals surface area contributed by atoms with Gasteiger partial charge in [-0.1, -0.05) is 62.2 Å². The second kappa shape index (κ2) is 10.7. The van der Waals surface area contributed by atoms with Crippen LogP contribution in [0.15, 0.2) is 54.5 Å². The van der Waals surface area contributed by atoms with Gasteiger partial charge in [0, 0.05) is 35.0 Å². The van der Waals surface area contributed by atoms with E-state index in [-0.39, 0.29) is 5.41 Å². The van der Waals surface area contributed by atoms with Gasteiger partial charge >= 0.3 is 0 Å². The Labute approximate surface area is 237 Å². The Balaban J connectivity index is 1.53. The fourth-order valence-corrected chi connectivity index (χ4v) is 5.03. The highest BCUT2D eigenvalue weighted by Crippen LogP contribution is 2.37. The smallest absolute Gasteiger partial charge is 0.130 e. The number of hydrogen-bond acceptors (Lipinski definition) is 9. The van der Waals surface area contributed by atoms with Gasteiger partial charge in [-0.2, -0.15) is 5.26 Å². The molecule has 1 fully saturated rings. The molecular formula is C28H31Cl2N7O2. The van der Waals surface area contributed by atoms with Gasteiger partial charge in [0.1, 0.15) is 11.7 Å². The van der Waals surface area contributed by atoms with Crippen LogP contribution >= 0.6 is 23.2 Å². The lowest BCUT2D eigenvalue weighted by Crippen LogP contribution is -2.58. The summed E-state index contributed by atoms with van der Waals surface area (Å²) in [5.74, 6) is 0. The molecule has 3 aromatic rings. The Morgan fingerprint density at radius 1 is 1.23 bits per heavy atom. The quantitative estimate of drug-likeness (QED) is 0.257. The minimum Gasteiger partial charge on any atom is -0.383 e. The van der Waals surface area contributed by atoms with Crippen molar-refractivity contribution in [1.29, 1.82) is 5.26 Å². The second-order valence-corrected chi connectivity index (χ2v) is 12.0. The number of nitrogens with zero attached hydrogens (tertiary/aromatic N) is 3. The zero-order valence-corrected chi connectivity index (χ0v) is 23.5. The molecule has 1 saturated heterocycles. The molecule has 0 bridgehead atoms. The number of anilines is 2. The predicted octanol–water partition coefficient (Wildman–Crippen LogP) is 4.95. The molecule has 1 atom stereocenters. The van der Waals surface area contributed by atoms with Crippen molar-refractivity contribution < 1.29 is 9.84 Å². The lowest BCUT2D eigenvalue weighted by molar-refractivity contribution is -0.186. The number of nitrogens with one attached hydrogen (secondary N) is 4. The van der Waals surface area contributed by atoms with Crippen LogP contribution in [0.5, 0.6) is 0 Å². The van der Waals surface area contributed by atoms with Crippen LogP contribution in [0.25, 0.3) is 10.9 Å². The number of rotatable bonds is 8. The van der Waals surface area contributed by atoms with Crippen LogP contribution < -0.4 is 21.6 Å². The monoisotopic (exact) mass is 567 g/mol. The van der Waals surface area contributed by atoms with E-state index in [4.69, 9.17) is 27.9 Å². The van der Waals surface area contributed by atoms with Crippen molar-refractivity contribution in [1.82, 2.24) is 21.0 Å². The number of fused-ring (bicyclic) bond motifs is 1. The predicted molar refractivity (Wildman–Crippen MR) is 154 cm³/mol. The molecule has 2 aliphatic rings. The van der Waals surface area contributed by atoms with Gasteiger partial charge in [-0.3, -0.25) is 9.99 Å². The molecule has 0 aliphatic carbocycles. The summed E-state index contributed by atoms with van der Waals surface area (Å²) in [5, 5.41) is 30.9. The SMILES string of the molecule is CC(C)(C)CNc1c(C#N)cnc2c(Cl)cc(NC(C3=CN(CC4(O)COC4)NN3)c3ccccc3Cl)cc12. The number of ether oxygens (including phenoxy) is 1. The molecule has 9 nitrogen and oxygen atoms in total. The molecule has 0 saturated carbocycles. The molecule has 39 heavy (non-hydrogen) atoms. The van der Waals surface area contributed by atoms with Gasteiger partial charge in [0.15, 0.2) is 0 Å². The van der Waals surface area contributed by atoms with Crippen LogP contribution in [-0.4, -0.2) is 47.0 Å². The maximum Gasteiger partial charge on any atom is 0.130 e. The molecule has 0 amide bonds. The Kier molecular flexibility index (Phi) is 7.51. The largest absolute Gasteiger partial charge is 0.383 e. The standard InChI is InChI=1S/C28H31Cl2N7O2/c1-27(2,3)13-33-24-17(10-31)11-32-25-20(24)8-18(9-22(25)30)34-26(19-6-4-5-7-21(19)29)23-12-37(36-35-23)14-28(38)15-39-16-28/h4-9,11-12,26,34-36,38H,13-16H2,1-3H3,(H,32,33). The number of aliphatic hydroxyl groups is 1. The Morgan fingerprint density at radius 3 is 2.67 bits per heavy atom. The minimum absolute atomic E-state index is 0.00459. The van der Waals surface area contributed by atoms with E-state index in [0.717, 1.165) is 22.3 Å². The maximum atomic E-state index is 10.5. The molecule has 5 N–H and O–H groups in total. The first-order valence-electron chi connectivity index (χ1n) is 12.6. The molecule has 1 aromatic heterocycles. The van der Waals surface area contributed by atoms with E-state index in [1.165, 1.54) is 0 Å². The number of hydrogen-bond donors (Lipinski definition) is 5. The summed E-state index contributed by atoms with van der Waals surface area (Å²) in [6.45, 7) is 7.97. The van der Waals surface area contributed by atoms with Crippen molar-refractivity contribution in [2.75, 3.05) is 36.9 Å². The van der Waals surface area contributed by atoms with Gasteiger partial charge in [-0.25, -0.2) is 0 Å². The van der Waals surface area contributed by atoms with Crippen LogP contribution in [0.4, 0.5) is 11.4 Å². The molecule has 204 valence electrons. The van der Waals surface area contributed by atoms with Gasteiger partial charge in [-0.05, 0) is 29.2 Å². The molecule has 1 unspecified atom stereocenters. The van der Waals surface area contributed by atoms with Crippen molar-refractivity contribution in [2.45, 2.75) is 32.4 Å². The molecule has 0 radical (unpaired) electrons. The molecule has 2 aromatic carbocycles. The fraction of sp³-hybridized carbons (Fsp3) is 0.357. The molecule has 5 rings (SSSR count). The highest BCUT2D eigenvalue weighted by molar-refractivity contribution is 6.36. The van der Waals surface area contributed by atoms with Crippen molar-refractivity contribution in [2.24, 2.45) is 5.41 Å². The summed E-state index contributed by atoms with van der Waals surface area (Å²) < 4.78 is 5.18. The van der Waals surface area contributed by atoms with Gasteiger partial charge < -0.3 is 25.9 Å². The summed E-state index contributed by atoms with van der Waals surface area (Å²) >= 11 is 13.4. The third-order valence-electron chi connectivity index (χ3n) is 6.52. The highest BCUT2D eigenvalue weighted by atomic mass is 35.5. The third-order valence-corrected chi connectivity index (χ3v) is 7.16. The van der Waals surface area contributed by atoms with Crippen LogP contribution in [0, 0.1) is 16.7 Å². The molecule has 11 heteroatoms. The first kappa shape index (κ1) is 27.3. The van der Waals surface area contributed by atoms with Gasteiger partial charge in [0.25, 0.3) is 0 Å². The molecule has 2 aliphatic heterocycles. The van der Waals surface area contributed by atoms with E-state index < -0.39 is 11.6 Å². The van der Waals surface area contributed by atoms with Crippen LogP contribution in [0.1, 0.15) is 37.9 Å². The third kappa shape index (κ3) is 6.01. The lowest BCUT2D eigenvalue weighted by Gasteiger charge is -2.38. The zero-order chi connectivity index (χ0) is 27.8. The number of halogens is 2. The minimum atomic E-state index is -0.901. The van der Waals surface area contributed by atoms with Crippen molar-refractivity contribution >= 4 is 45.5 Å². The van der Waals surface area contributed by atoms with Gasteiger partial charge in [0.2, 0.25) is 0 Å². The molecular weight excluding hydrogens is 537 g/mol.